The Hall–Kier alpha value is -0.950. The van der Waals surface area contributed by atoms with Crippen LogP contribution in [0.4, 0.5) is 8.78 Å². The molecular formula is C19H29Cl2F2N3O. The highest BCUT2D eigenvalue weighted by Crippen LogP contribution is 2.24. The van der Waals surface area contributed by atoms with E-state index in [0.29, 0.717) is 6.54 Å². The fraction of sp³-hybridized carbons (Fsp3) is 0.632. The summed E-state index contributed by atoms with van der Waals surface area (Å²) in [5, 5.41) is 3.13. The molecule has 1 heterocycles. The lowest BCUT2D eigenvalue weighted by molar-refractivity contribution is -0.127. The molecule has 0 spiro atoms. The van der Waals surface area contributed by atoms with Gasteiger partial charge >= 0.3 is 0 Å². The average Bonchev–Trinajstić information content (AvgIpc) is 2.59. The van der Waals surface area contributed by atoms with Crippen molar-refractivity contribution in [3.05, 3.63) is 35.4 Å². The van der Waals surface area contributed by atoms with E-state index in [-0.39, 0.29) is 60.8 Å². The van der Waals surface area contributed by atoms with Crippen molar-refractivity contribution >= 4 is 30.7 Å². The summed E-state index contributed by atoms with van der Waals surface area (Å²) in [7, 11) is 0. The molecule has 1 saturated carbocycles. The van der Waals surface area contributed by atoms with E-state index in [4.69, 9.17) is 5.73 Å². The molecule has 1 saturated heterocycles. The summed E-state index contributed by atoms with van der Waals surface area (Å²) in [5.74, 6) is -0.938. The molecule has 0 radical (unpaired) electrons. The van der Waals surface area contributed by atoms with Crippen molar-refractivity contribution in [1.82, 2.24) is 10.2 Å². The van der Waals surface area contributed by atoms with Crippen molar-refractivity contribution in [3.63, 3.8) is 0 Å². The van der Waals surface area contributed by atoms with E-state index in [9.17, 15) is 13.6 Å². The number of nitrogens with zero attached hydrogens (tertiary/aromatic N) is 1. The number of nitrogens with one attached hydrogen (secondary N) is 1. The first-order valence-electron chi connectivity index (χ1n) is 9.24. The molecule has 4 nitrogen and oxygen atoms in total. The van der Waals surface area contributed by atoms with Crippen molar-refractivity contribution in [2.75, 3.05) is 13.1 Å². The lowest BCUT2D eigenvalue weighted by Gasteiger charge is -2.34. The maximum Gasteiger partial charge on any atom is 0.223 e. The van der Waals surface area contributed by atoms with Crippen molar-refractivity contribution in [2.24, 2.45) is 11.7 Å². The molecule has 1 aromatic rings. The summed E-state index contributed by atoms with van der Waals surface area (Å²) >= 11 is 0. The van der Waals surface area contributed by atoms with E-state index in [1.165, 1.54) is 18.2 Å². The minimum absolute atomic E-state index is 0. The van der Waals surface area contributed by atoms with E-state index in [1.54, 1.807) is 0 Å². The second-order valence-electron chi connectivity index (χ2n) is 7.41. The predicted molar refractivity (Wildman–Crippen MR) is 107 cm³/mol. The summed E-state index contributed by atoms with van der Waals surface area (Å²) in [5.41, 5.74) is 6.08. The minimum Gasteiger partial charge on any atom is -0.352 e. The number of carbonyl (C=O) groups excluding carboxylic acids is 1. The summed E-state index contributed by atoms with van der Waals surface area (Å²) < 4.78 is 27.7. The van der Waals surface area contributed by atoms with Crippen LogP contribution in [0.2, 0.25) is 0 Å². The van der Waals surface area contributed by atoms with Gasteiger partial charge in [-0.3, -0.25) is 9.69 Å². The number of likely N-dealkylation sites (tertiary alicyclic amines) is 1. The molecule has 1 aliphatic carbocycles. The monoisotopic (exact) mass is 423 g/mol. The topological polar surface area (TPSA) is 58.4 Å². The zero-order chi connectivity index (χ0) is 17.8. The molecule has 3 N–H and O–H groups in total. The molecule has 0 bridgehead atoms. The lowest BCUT2D eigenvalue weighted by Crippen LogP contribution is -2.49. The number of hydrogen-bond donors (Lipinski definition) is 2. The third-order valence-electron chi connectivity index (χ3n) is 5.38. The predicted octanol–water partition coefficient (Wildman–Crippen LogP) is 3.41. The van der Waals surface area contributed by atoms with Crippen LogP contribution in [0.25, 0.3) is 0 Å². The van der Waals surface area contributed by atoms with Crippen molar-refractivity contribution in [3.8, 4) is 0 Å². The van der Waals surface area contributed by atoms with Gasteiger partial charge in [-0.25, -0.2) is 8.78 Å². The van der Waals surface area contributed by atoms with E-state index in [2.05, 4.69) is 5.32 Å². The Kier molecular flexibility index (Phi) is 9.95. The molecule has 3 atom stereocenters. The second kappa shape index (κ2) is 11.1. The second-order valence-corrected chi connectivity index (χ2v) is 7.41. The van der Waals surface area contributed by atoms with Crippen LogP contribution < -0.4 is 11.1 Å². The fourth-order valence-electron chi connectivity index (χ4n) is 4.01. The number of hydrogen-bond acceptors (Lipinski definition) is 3. The van der Waals surface area contributed by atoms with Gasteiger partial charge in [0.1, 0.15) is 11.6 Å². The van der Waals surface area contributed by atoms with Crippen LogP contribution in [0.5, 0.6) is 0 Å². The highest BCUT2D eigenvalue weighted by molar-refractivity contribution is 5.85. The number of rotatable bonds is 4. The van der Waals surface area contributed by atoms with Crippen LogP contribution in [0.15, 0.2) is 18.2 Å². The van der Waals surface area contributed by atoms with Gasteiger partial charge in [0.25, 0.3) is 0 Å². The van der Waals surface area contributed by atoms with Gasteiger partial charge in [-0.1, -0.05) is 12.5 Å². The number of halogens is 4. The van der Waals surface area contributed by atoms with Crippen molar-refractivity contribution in [2.45, 2.75) is 57.2 Å². The number of piperidine rings is 1. The van der Waals surface area contributed by atoms with E-state index >= 15 is 0 Å². The molecule has 1 aromatic carbocycles. The molecular weight excluding hydrogens is 395 g/mol. The first-order chi connectivity index (χ1) is 12.0. The SMILES string of the molecule is Cl.Cl.NC1CCCC(C(=O)NC2CCCN(Cc3c(F)cccc3F)C2)C1. The zero-order valence-electron chi connectivity index (χ0n) is 15.3. The average molecular weight is 424 g/mol. The van der Waals surface area contributed by atoms with Crippen LogP contribution in [0, 0.1) is 17.6 Å². The number of nitrogens with two attached hydrogens (primary N) is 1. The maximum absolute atomic E-state index is 13.8. The van der Waals surface area contributed by atoms with Crippen LogP contribution in [0.3, 0.4) is 0 Å². The van der Waals surface area contributed by atoms with Gasteiger partial charge in [-0.05, 0) is 50.8 Å². The molecule has 2 aliphatic rings. The van der Waals surface area contributed by atoms with Crippen molar-refractivity contribution in [1.29, 1.82) is 0 Å². The number of benzene rings is 1. The molecule has 8 heteroatoms. The molecule has 154 valence electrons. The Morgan fingerprint density at radius 1 is 1.15 bits per heavy atom. The standard InChI is InChI=1S/C19H27F2N3O.2ClH/c20-17-7-2-8-18(21)16(17)12-24-9-3-6-15(11-24)23-19(25)13-4-1-5-14(22)10-13;;/h2,7-8,13-15H,1,3-6,9-12,22H2,(H,23,25);2*1H. The maximum atomic E-state index is 13.8. The minimum atomic E-state index is -0.512. The Morgan fingerprint density at radius 3 is 2.52 bits per heavy atom. The quantitative estimate of drug-likeness (QED) is 0.779. The molecule has 0 aromatic heterocycles. The fourth-order valence-corrected chi connectivity index (χ4v) is 4.01. The number of carbonyl (C=O) groups is 1. The van der Waals surface area contributed by atoms with Gasteiger partial charge < -0.3 is 11.1 Å². The van der Waals surface area contributed by atoms with E-state index < -0.39 is 11.6 Å². The van der Waals surface area contributed by atoms with Gasteiger partial charge in [0.2, 0.25) is 5.91 Å². The highest BCUT2D eigenvalue weighted by atomic mass is 35.5. The number of amides is 1. The van der Waals surface area contributed by atoms with Crippen LogP contribution in [-0.4, -0.2) is 36.0 Å². The Morgan fingerprint density at radius 2 is 1.85 bits per heavy atom. The summed E-state index contributed by atoms with van der Waals surface area (Å²) in [6.45, 7) is 1.64. The van der Waals surface area contributed by atoms with E-state index in [1.807, 2.05) is 4.90 Å². The first kappa shape index (κ1) is 24.1. The Balaban J connectivity index is 0.00000182. The summed E-state index contributed by atoms with van der Waals surface area (Å²) in [4.78, 5) is 14.5. The van der Waals surface area contributed by atoms with Crippen LogP contribution >= 0.6 is 24.8 Å². The zero-order valence-corrected chi connectivity index (χ0v) is 17.0. The van der Waals surface area contributed by atoms with Gasteiger partial charge in [0.05, 0.1) is 0 Å². The molecule has 3 rings (SSSR count). The largest absolute Gasteiger partial charge is 0.352 e. The van der Waals surface area contributed by atoms with Gasteiger partial charge in [0.15, 0.2) is 0 Å². The molecule has 2 fully saturated rings. The molecule has 1 amide bonds. The van der Waals surface area contributed by atoms with Gasteiger partial charge in [0, 0.05) is 36.7 Å². The van der Waals surface area contributed by atoms with Crippen LogP contribution in [0.1, 0.15) is 44.1 Å². The lowest BCUT2D eigenvalue weighted by atomic mass is 9.85. The van der Waals surface area contributed by atoms with E-state index in [0.717, 1.165) is 45.1 Å². The van der Waals surface area contributed by atoms with Gasteiger partial charge in [-0.2, -0.15) is 0 Å². The smallest absolute Gasteiger partial charge is 0.223 e. The van der Waals surface area contributed by atoms with Crippen molar-refractivity contribution < 1.29 is 13.6 Å². The first-order valence-corrected chi connectivity index (χ1v) is 9.24. The summed E-state index contributed by atoms with van der Waals surface area (Å²) in [6, 6.07) is 4.11. The normalized spacial score (nSPS) is 25.8. The van der Waals surface area contributed by atoms with Gasteiger partial charge in [-0.15, -0.1) is 24.8 Å². The molecule has 1 aliphatic heterocycles. The Bertz CT molecular complexity index is 600. The molecule has 27 heavy (non-hydrogen) atoms. The van der Waals surface area contributed by atoms with Crippen LogP contribution in [-0.2, 0) is 11.3 Å². The molecule has 3 unspecified atom stereocenters. The highest BCUT2D eigenvalue weighted by Gasteiger charge is 2.29. The summed E-state index contributed by atoms with van der Waals surface area (Å²) in [6.07, 6.45) is 5.46. The third-order valence-corrected chi connectivity index (χ3v) is 5.38. The third kappa shape index (κ3) is 6.56. The Labute approximate surface area is 172 Å².